The Bertz CT molecular complexity index is 535. The molecule has 3 nitrogen and oxygen atoms in total. The van der Waals surface area contributed by atoms with Gasteiger partial charge in [-0.2, -0.15) is 5.26 Å². The molecule has 0 saturated heterocycles. The number of nitriles is 1. The van der Waals surface area contributed by atoms with Gasteiger partial charge in [0.2, 0.25) is 0 Å². The van der Waals surface area contributed by atoms with Crippen LogP contribution in [0.2, 0.25) is 0 Å². The standard InChI is InChI=1S/C11H7BrF2N2O/c12-7-3-6(5-15)9(8(13)4-7)16-10(17)11(14)1-2-11/h3-4H,1-2H2,(H,16,17). The van der Waals surface area contributed by atoms with Crippen LogP contribution in [-0.4, -0.2) is 11.6 Å². The highest BCUT2D eigenvalue weighted by molar-refractivity contribution is 9.10. The number of nitrogens with one attached hydrogen (secondary N) is 1. The van der Waals surface area contributed by atoms with Crippen LogP contribution in [0.15, 0.2) is 16.6 Å². The highest BCUT2D eigenvalue weighted by atomic mass is 79.9. The summed E-state index contributed by atoms with van der Waals surface area (Å²) < 4.78 is 27.3. The second kappa shape index (κ2) is 4.08. The first kappa shape index (κ1) is 12.0. The van der Waals surface area contributed by atoms with Crippen LogP contribution in [0.25, 0.3) is 0 Å². The molecule has 2 rings (SSSR count). The Kier molecular flexibility index (Phi) is 2.87. The van der Waals surface area contributed by atoms with Crippen LogP contribution in [0, 0.1) is 17.1 Å². The summed E-state index contributed by atoms with van der Waals surface area (Å²) in [5.41, 5.74) is -2.22. The van der Waals surface area contributed by atoms with Crippen LogP contribution in [0.5, 0.6) is 0 Å². The molecule has 1 aromatic rings. The Labute approximate surface area is 105 Å². The number of hydrogen-bond donors (Lipinski definition) is 1. The van der Waals surface area contributed by atoms with E-state index in [-0.39, 0.29) is 24.1 Å². The number of hydrogen-bond acceptors (Lipinski definition) is 2. The minimum Gasteiger partial charge on any atom is -0.320 e. The highest BCUT2D eigenvalue weighted by Gasteiger charge is 2.51. The largest absolute Gasteiger partial charge is 0.320 e. The number of carbonyl (C=O) groups is 1. The van der Waals surface area contributed by atoms with Gasteiger partial charge in [0.25, 0.3) is 5.91 Å². The molecule has 1 aromatic carbocycles. The number of benzene rings is 1. The molecule has 1 fully saturated rings. The fourth-order valence-corrected chi connectivity index (χ4v) is 1.78. The van der Waals surface area contributed by atoms with E-state index in [1.165, 1.54) is 6.07 Å². The molecule has 0 bridgehead atoms. The molecular weight excluding hydrogens is 294 g/mol. The molecule has 1 aliphatic carbocycles. The van der Waals surface area contributed by atoms with Crippen LogP contribution >= 0.6 is 15.9 Å². The van der Waals surface area contributed by atoms with Gasteiger partial charge < -0.3 is 5.32 Å². The van der Waals surface area contributed by atoms with Gasteiger partial charge in [-0.15, -0.1) is 0 Å². The average Bonchev–Trinajstić information content (AvgIpc) is 3.01. The lowest BCUT2D eigenvalue weighted by Gasteiger charge is -2.10. The first-order valence-corrected chi connectivity index (χ1v) is 5.65. The van der Waals surface area contributed by atoms with E-state index in [1.54, 1.807) is 6.07 Å². The molecule has 1 amide bonds. The third-order valence-corrected chi connectivity index (χ3v) is 2.97. The summed E-state index contributed by atoms with van der Waals surface area (Å²) in [6.07, 6.45) is 0.276. The molecule has 1 saturated carbocycles. The zero-order valence-corrected chi connectivity index (χ0v) is 10.1. The van der Waals surface area contributed by atoms with Gasteiger partial charge in [0.1, 0.15) is 11.9 Å². The third kappa shape index (κ3) is 2.29. The van der Waals surface area contributed by atoms with Crippen molar-refractivity contribution in [3.8, 4) is 6.07 Å². The van der Waals surface area contributed by atoms with Crippen molar-refractivity contribution in [3.05, 3.63) is 28.0 Å². The third-order valence-electron chi connectivity index (χ3n) is 2.51. The van der Waals surface area contributed by atoms with E-state index in [0.29, 0.717) is 4.47 Å². The molecule has 0 aliphatic heterocycles. The number of anilines is 1. The number of carbonyl (C=O) groups excluding carboxylic acids is 1. The van der Waals surface area contributed by atoms with Crippen LogP contribution in [-0.2, 0) is 4.79 Å². The van der Waals surface area contributed by atoms with Crippen LogP contribution in [0.4, 0.5) is 14.5 Å². The topological polar surface area (TPSA) is 52.9 Å². The van der Waals surface area contributed by atoms with E-state index in [1.807, 2.05) is 0 Å². The van der Waals surface area contributed by atoms with Crippen molar-refractivity contribution >= 4 is 27.5 Å². The monoisotopic (exact) mass is 300 g/mol. The maximum absolute atomic E-state index is 13.5. The number of amides is 1. The SMILES string of the molecule is N#Cc1cc(Br)cc(F)c1NC(=O)C1(F)CC1. The van der Waals surface area contributed by atoms with Crippen molar-refractivity contribution in [3.63, 3.8) is 0 Å². The summed E-state index contributed by atoms with van der Waals surface area (Å²) in [7, 11) is 0. The maximum atomic E-state index is 13.5. The number of halogens is 3. The van der Waals surface area contributed by atoms with Crippen LogP contribution in [0.1, 0.15) is 18.4 Å². The lowest BCUT2D eigenvalue weighted by Crippen LogP contribution is -2.26. The molecule has 17 heavy (non-hydrogen) atoms. The predicted molar refractivity (Wildman–Crippen MR) is 60.5 cm³/mol. The van der Waals surface area contributed by atoms with E-state index >= 15 is 0 Å². The maximum Gasteiger partial charge on any atom is 0.262 e. The summed E-state index contributed by atoms with van der Waals surface area (Å²) in [4.78, 5) is 11.4. The molecule has 0 heterocycles. The van der Waals surface area contributed by atoms with Gasteiger partial charge in [0.15, 0.2) is 5.67 Å². The lowest BCUT2D eigenvalue weighted by atomic mass is 10.1. The van der Waals surface area contributed by atoms with E-state index in [0.717, 1.165) is 6.07 Å². The molecule has 1 N–H and O–H groups in total. The summed E-state index contributed by atoms with van der Waals surface area (Å²) >= 11 is 3.03. The van der Waals surface area contributed by atoms with Gasteiger partial charge in [-0.05, 0) is 25.0 Å². The van der Waals surface area contributed by atoms with Crippen molar-refractivity contribution in [2.24, 2.45) is 0 Å². The van der Waals surface area contributed by atoms with Gasteiger partial charge in [0, 0.05) is 4.47 Å². The van der Waals surface area contributed by atoms with Crippen LogP contribution in [0.3, 0.4) is 0 Å². The zero-order chi connectivity index (χ0) is 12.6. The molecule has 0 unspecified atom stereocenters. The lowest BCUT2D eigenvalue weighted by molar-refractivity contribution is -0.122. The second-order valence-electron chi connectivity index (χ2n) is 3.84. The van der Waals surface area contributed by atoms with Crippen LogP contribution < -0.4 is 5.32 Å². The normalized spacial score (nSPS) is 16.1. The number of alkyl halides is 1. The first-order valence-electron chi connectivity index (χ1n) is 4.86. The molecule has 0 radical (unpaired) electrons. The Morgan fingerprint density at radius 2 is 2.18 bits per heavy atom. The number of nitrogens with zero attached hydrogens (tertiary/aromatic N) is 1. The summed E-state index contributed by atoms with van der Waals surface area (Å²) in [5, 5.41) is 10.9. The molecule has 0 aromatic heterocycles. The fourth-order valence-electron chi connectivity index (χ4n) is 1.35. The number of rotatable bonds is 2. The minimum atomic E-state index is -1.90. The van der Waals surface area contributed by atoms with Gasteiger partial charge in [-0.1, -0.05) is 15.9 Å². The van der Waals surface area contributed by atoms with Crippen molar-refractivity contribution < 1.29 is 13.6 Å². The van der Waals surface area contributed by atoms with Crippen molar-refractivity contribution in [1.82, 2.24) is 0 Å². The van der Waals surface area contributed by atoms with Crippen molar-refractivity contribution in [1.29, 1.82) is 5.26 Å². The average molecular weight is 301 g/mol. The zero-order valence-electron chi connectivity index (χ0n) is 8.56. The smallest absolute Gasteiger partial charge is 0.262 e. The summed E-state index contributed by atoms with van der Waals surface area (Å²) in [6, 6.07) is 4.21. The van der Waals surface area contributed by atoms with Gasteiger partial charge in [-0.25, -0.2) is 8.78 Å². The fraction of sp³-hybridized carbons (Fsp3) is 0.273. The van der Waals surface area contributed by atoms with Crippen molar-refractivity contribution in [2.45, 2.75) is 18.5 Å². The van der Waals surface area contributed by atoms with E-state index in [9.17, 15) is 13.6 Å². The second-order valence-corrected chi connectivity index (χ2v) is 4.76. The van der Waals surface area contributed by atoms with E-state index in [4.69, 9.17) is 5.26 Å². The highest BCUT2D eigenvalue weighted by Crippen LogP contribution is 2.41. The molecule has 6 heteroatoms. The minimum absolute atomic E-state index is 0.0468. The Morgan fingerprint density at radius 3 is 2.71 bits per heavy atom. The molecule has 1 aliphatic rings. The molecule has 0 spiro atoms. The quantitative estimate of drug-likeness (QED) is 0.913. The van der Waals surface area contributed by atoms with Gasteiger partial charge in [-0.3, -0.25) is 4.79 Å². The Morgan fingerprint density at radius 1 is 1.53 bits per heavy atom. The molecular formula is C11H7BrF2N2O. The van der Waals surface area contributed by atoms with E-state index in [2.05, 4.69) is 21.2 Å². The predicted octanol–water partition coefficient (Wildman–Crippen LogP) is 2.90. The molecule has 0 atom stereocenters. The Hall–Kier alpha value is -1.48. The van der Waals surface area contributed by atoms with Gasteiger partial charge in [0.05, 0.1) is 11.3 Å². The Balaban J connectivity index is 2.32. The van der Waals surface area contributed by atoms with Crippen molar-refractivity contribution in [2.75, 3.05) is 5.32 Å². The van der Waals surface area contributed by atoms with E-state index < -0.39 is 17.4 Å². The van der Waals surface area contributed by atoms with Gasteiger partial charge >= 0.3 is 0 Å². The summed E-state index contributed by atoms with van der Waals surface area (Å²) in [6.45, 7) is 0. The molecule has 88 valence electrons. The summed E-state index contributed by atoms with van der Waals surface area (Å²) in [5.74, 6) is -1.66. The first-order chi connectivity index (χ1) is 7.96.